The number of methoxy groups -OCH3 is 1. The first-order valence-corrected chi connectivity index (χ1v) is 7.33. The van der Waals surface area contributed by atoms with E-state index in [0.717, 1.165) is 31.5 Å². The number of piperidine rings is 1. The largest absolute Gasteiger partial charge is 0.384 e. The maximum Gasteiger partial charge on any atom is 0.229 e. The van der Waals surface area contributed by atoms with Gasteiger partial charge in [-0.25, -0.2) is 4.39 Å². The molecule has 0 unspecified atom stereocenters. The number of nitrogens with one attached hydrogen (secondary N) is 2. The van der Waals surface area contributed by atoms with Gasteiger partial charge in [-0.15, -0.1) is 0 Å². The van der Waals surface area contributed by atoms with E-state index in [1.165, 1.54) is 12.1 Å². The van der Waals surface area contributed by atoms with Crippen LogP contribution in [0.25, 0.3) is 0 Å². The Labute approximate surface area is 125 Å². The summed E-state index contributed by atoms with van der Waals surface area (Å²) in [5.74, 6) is -0.301. The second-order valence-electron chi connectivity index (χ2n) is 5.71. The Hall–Kier alpha value is -1.46. The van der Waals surface area contributed by atoms with Crippen molar-refractivity contribution in [3.8, 4) is 0 Å². The predicted octanol–water partition coefficient (Wildman–Crippen LogP) is 2.02. The molecular formula is C16H23FN2O2. The van der Waals surface area contributed by atoms with E-state index < -0.39 is 5.41 Å². The number of carbonyl (C=O) groups is 1. The lowest BCUT2D eigenvalue weighted by Gasteiger charge is -2.36. The SMILES string of the molecule is COCC1(C(=O)N[C@@H](C)c2cccc(F)c2)CCNCC1. The molecule has 1 aliphatic rings. The fraction of sp³-hybridized carbons (Fsp3) is 0.562. The number of amides is 1. The summed E-state index contributed by atoms with van der Waals surface area (Å²) in [5, 5.41) is 6.27. The molecule has 1 saturated heterocycles. The number of hydrogen-bond acceptors (Lipinski definition) is 3. The monoisotopic (exact) mass is 294 g/mol. The lowest BCUT2D eigenvalue weighted by molar-refractivity contribution is -0.136. The van der Waals surface area contributed by atoms with Crippen molar-refractivity contribution in [2.45, 2.75) is 25.8 Å². The number of ether oxygens (including phenoxy) is 1. The van der Waals surface area contributed by atoms with E-state index in [4.69, 9.17) is 4.74 Å². The fourth-order valence-corrected chi connectivity index (χ4v) is 2.83. The number of hydrogen-bond donors (Lipinski definition) is 2. The molecule has 21 heavy (non-hydrogen) atoms. The summed E-state index contributed by atoms with van der Waals surface area (Å²) in [6.45, 7) is 3.90. The first-order chi connectivity index (χ1) is 10.1. The highest BCUT2D eigenvalue weighted by atomic mass is 19.1. The van der Waals surface area contributed by atoms with Crippen molar-refractivity contribution >= 4 is 5.91 Å². The van der Waals surface area contributed by atoms with Crippen molar-refractivity contribution in [3.63, 3.8) is 0 Å². The highest BCUT2D eigenvalue weighted by Gasteiger charge is 2.40. The summed E-state index contributed by atoms with van der Waals surface area (Å²) >= 11 is 0. The van der Waals surface area contributed by atoms with Crippen LogP contribution >= 0.6 is 0 Å². The molecule has 4 nitrogen and oxygen atoms in total. The van der Waals surface area contributed by atoms with Crippen LogP contribution in [0, 0.1) is 11.2 Å². The molecule has 2 N–H and O–H groups in total. The van der Waals surface area contributed by atoms with Crippen LogP contribution in [0.2, 0.25) is 0 Å². The van der Waals surface area contributed by atoms with E-state index in [0.29, 0.717) is 6.61 Å². The first-order valence-electron chi connectivity index (χ1n) is 7.33. The van der Waals surface area contributed by atoms with Gasteiger partial charge in [-0.05, 0) is 50.6 Å². The van der Waals surface area contributed by atoms with Crippen LogP contribution in [-0.2, 0) is 9.53 Å². The molecule has 116 valence electrons. The molecule has 1 amide bonds. The Morgan fingerprint density at radius 1 is 1.48 bits per heavy atom. The van der Waals surface area contributed by atoms with Gasteiger partial charge >= 0.3 is 0 Å². The van der Waals surface area contributed by atoms with Crippen molar-refractivity contribution in [3.05, 3.63) is 35.6 Å². The van der Waals surface area contributed by atoms with Gasteiger partial charge in [-0.1, -0.05) is 12.1 Å². The van der Waals surface area contributed by atoms with Gasteiger partial charge in [0.05, 0.1) is 18.1 Å². The van der Waals surface area contributed by atoms with Gasteiger partial charge in [0.25, 0.3) is 0 Å². The lowest BCUT2D eigenvalue weighted by atomic mass is 9.78. The van der Waals surface area contributed by atoms with Gasteiger partial charge in [-0.3, -0.25) is 4.79 Å². The molecule has 0 aromatic heterocycles. The molecule has 0 bridgehead atoms. The number of benzene rings is 1. The molecule has 0 spiro atoms. The third-order valence-corrected chi connectivity index (χ3v) is 4.16. The topological polar surface area (TPSA) is 50.4 Å². The van der Waals surface area contributed by atoms with Gasteiger partial charge in [-0.2, -0.15) is 0 Å². The molecule has 0 saturated carbocycles. The van der Waals surface area contributed by atoms with Crippen LogP contribution in [-0.4, -0.2) is 32.7 Å². The quantitative estimate of drug-likeness (QED) is 0.873. The minimum absolute atomic E-state index is 0.0115. The van der Waals surface area contributed by atoms with E-state index in [1.807, 2.05) is 13.0 Å². The Kier molecular flexibility index (Phi) is 5.31. The number of halogens is 1. The Balaban J connectivity index is 2.07. The Morgan fingerprint density at radius 3 is 2.81 bits per heavy atom. The van der Waals surface area contributed by atoms with Crippen LogP contribution in [0.3, 0.4) is 0 Å². The zero-order valence-corrected chi connectivity index (χ0v) is 12.6. The highest BCUT2D eigenvalue weighted by molar-refractivity contribution is 5.83. The highest BCUT2D eigenvalue weighted by Crippen LogP contribution is 2.30. The zero-order valence-electron chi connectivity index (χ0n) is 12.6. The molecular weight excluding hydrogens is 271 g/mol. The van der Waals surface area contributed by atoms with Crippen LogP contribution in [0.15, 0.2) is 24.3 Å². The van der Waals surface area contributed by atoms with Gasteiger partial charge in [0.1, 0.15) is 5.82 Å². The van der Waals surface area contributed by atoms with Crippen LogP contribution in [0.5, 0.6) is 0 Å². The van der Waals surface area contributed by atoms with E-state index in [9.17, 15) is 9.18 Å². The maximum atomic E-state index is 13.3. The molecule has 1 aromatic carbocycles. The molecule has 1 atom stereocenters. The molecule has 0 radical (unpaired) electrons. The predicted molar refractivity (Wildman–Crippen MR) is 79.4 cm³/mol. The molecule has 1 aliphatic heterocycles. The smallest absolute Gasteiger partial charge is 0.229 e. The van der Waals surface area contributed by atoms with Crippen molar-refractivity contribution in [1.82, 2.24) is 10.6 Å². The average molecular weight is 294 g/mol. The number of rotatable bonds is 5. The summed E-state index contributed by atoms with van der Waals surface area (Å²) in [7, 11) is 1.62. The summed E-state index contributed by atoms with van der Waals surface area (Å²) in [5.41, 5.74) is 0.284. The van der Waals surface area contributed by atoms with Crippen molar-refractivity contribution in [1.29, 1.82) is 0 Å². The lowest BCUT2D eigenvalue weighted by Crippen LogP contribution is -2.50. The molecule has 2 rings (SSSR count). The summed E-state index contributed by atoms with van der Waals surface area (Å²) < 4.78 is 18.5. The van der Waals surface area contributed by atoms with Gasteiger partial charge in [0.15, 0.2) is 0 Å². The Morgan fingerprint density at radius 2 is 2.19 bits per heavy atom. The van der Waals surface area contributed by atoms with Gasteiger partial charge in [0, 0.05) is 7.11 Å². The summed E-state index contributed by atoms with van der Waals surface area (Å²) in [6.07, 6.45) is 1.51. The van der Waals surface area contributed by atoms with Crippen LogP contribution < -0.4 is 10.6 Å². The molecule has 1 aromatic rings. The molecule has 1 fully saturated rings. The van der Waals surface area contributed by atoms with E-state index in [1.54, 1.807) is 13.2 Å². The van der Waals surface area contributed by atoms with Crippen molar-refractivity contribution in [2.24, 2.45) is 5.41 Å². The van der Waals surface area contributed by atoms with Crippen LogP contribution in [0.4, 0.5) is 4.39 Å². The molecule has 0 aliphatic carbocycles. The molecule has 5 heteroatoms. The van der Waals surface area contributed by atoms with E-state index >= 15 is 0 Å². The normalized spacial score (nSPS) is 19.0. The number of carbonyl (C=O) groups excluding carboxylic acids is 1. The standard InChI is InChI=1S/C16H23FN2O2/c1-12(13-4-3-5-14(17)10-13)19-15(20)16(11-21-2)6-8-18-9-7-16/h3-5,10,12,18H,6-9,11H2,1-2H3,(H,19,20)/t12-/m0/s1. The van der Waals surface area contributed by atoms with Crippen LogP contribution in [0.1, 0.15) is 31.4 Å². The molecule has 1 heterocycles. The minimum Gasteiger partial charge on any atom is -0.384 e. The minimum atomic E-state index is -0.485. The van der Waals surface area contributed by atoms with E-state index in [2.05, 4.69) is 10.6 Å². The summed E-state index contributed by atoms with van der Waals surface area (Å²) in [6, 6.07) is 6.10. The maximum absolute atomic E-state index is 13.3. The first kappa shape index (κ1) is 15.9. The fourth-order valence-electron chi connectivity index (χ4n) is 2.83. The zero-order chi connectivity index (χ0) is 15.3. The Bertz CT molecular complexity index is 481. The van der Waals surface area contributed by atoms with E-state index in [-0.39, 0.29) is 17.8 Å². The third kappa shape index (κ3) is 3.80. The second-order valence-corrected chi connectivity index (χ2v) is 5.71. The third-order valence-electron chi connectivity index (χ3n) is 4.16. The van der Waals surface area contributed by atoms with Gasteiger partial charge < -0.3 is 15.4 Å². The van der Waals surface area contributed by atoms with Crippen molar-refractivity contribution in [2.75, 3.05) is 26.8 Å². The van der Waals surface area contributed by atoms with Crippen molar-refractivity contribution < 1.29 is 13.9 Å². The summed E-state index contributed by atoms with van der Waals surface area (Å²) in [4.78, 5) is 12.7. The second kappa shape index (κ2) is 7.00. The van der Waals surface area contributed by atoms with Gasteiger partial charge in [0.2, 0.25) is 5.91 Å². The average Bonchev–Trinajstić information content (AvgIpc) is 2.48.